The molecule has 1 aromatic rings. The van der Waals surface area contributed by atoms with Crippen molar-refractivity contribution in [1.82, 2.24) is 5.32 Å². The first-order valence-electron chi connectivity index (χ1n) is 27.5. The van der Waals surface area contributed by atoms with Crippen molar-refractivity contribution in [2.24, 2.45) is 11.8 Å². The monoisotopic (exact) mass is 1030 g/mol. The highest BCUT2D eigenvalue weighted by atomic mass is 16.7. The van der Waals surface area contributed by atoms with Gasteiger partial charge in [0.2, 0.25) is 5.91 Å². The largest absolute Gasteiger partial charge is 0.469 e. The van der Waals surface area contributed by atoms with Gasteiger partial charge in [-0.2, -0.15) is 0 Å². The molecule has 1 aromatic carbocycles. The van der Waals surface area contributed by atoms with Crippen molar-refractivity contribution in [3.8, 4) is 0 Å². The lowest BCUT2D eigenvalue weighted by Gasteiger charge is -2.47. The van der Waals surface area contributed by atoms with E-state index < -0.39 is 110 Å². The van der Waals surface area contributed by atoms with E-state index in [0.717, 1.165) is 77.0 Å². The number of ether oxygens (including phenoxy) is 11. The van der Waals surface area contributed by atoms with E-state index in [0.29, 0.717) is 45.5 Å². The first-order chi connectivity index (χ1) is 35.4. The summed E-state index contributed by atoms with van der Waals surface area (Å²) >= 11 is 0. The molecule has 2 N–H and O–H groups in total. The molecule has 17 nitrogen and oxygen atoms in total. The van der Waals surface area contributed by atoms with E-state index in [9.17, 15) is 24.3 Å². The van der Waals surface area contributed by atoms with Crippen LogP contribution in [0.4, 0.5) is 0 Å². The molecule has 4 rings (SSSR count). The Hall–Kier alpha value is -3.52. The van der Waals surface area contributed by atoms with Crippen LogP contribution < -0.4 is 5.32 Å². The predicted octanol–water partition coefficient (Wildman–Crippen LogP) is 8.35. The van der Waals surface area contributed by atoms with E-state index >= 15 is 0 Å². The maximum Gasteiger partial charge on any atom is 0.338 e. The lowest BCUT2D eigenvalue weighted by Crippen LogP contribution is -2.67. The van der Waals surface area contributed by atoms with Crippen LogP contribution in [0.15, 0.2) is 43.0 Å². The van der Waals surface area contributed by atoms with Crippen LogP contribution in [0.5, 0.6) is 0 Å². The molecule has 17 heteroatoms. The topological polar surface area (TPSA) is 202 Å². The lowest BCUT2D eigenvalue weighted by atomic mass is 9.85. The minimum atomic E-state index is -1.56. The second kappa shape index (κ2) is 34.9. The number of aliphatic hydroxyl groups is 1. The fourth-order valence-corrected chi connectivity index (χ4v) is 9.55. The third kappa shape index (κ3) is 20.9. The van der Waals surface area contributed by atoms with Crippen molar-refractivity contribution < 1.29 is 76.4 Å². The third-order valence-electron chi connectivity index (χ3n) is 13.8. The molecule has 1 saturated carbocycles. The molecule has 5 unspecified atom stereocenters. The Morgan fingerprint density at radius 3 is 2.01 bits per heavy atom. The van der Waals surface area contributed by atoms with Gasteiger partial charge in [0.05, 0.1) is 44.0 Å². The van der Waals surface area contributed by atoms with E-state index in [4.69, 9.17) is 52.1 Å². The second-order valence-corrected chi connectivity index (χ2v) is 19.8. The van der Waals surface area contributed by atoms with Gasteiger partial charge in [-0.3, -0.25) is 9.59 Å². The Labute approximate surface area is 435 Å². The number of benzene rings is 1. The number of methoxy groups -OCH3 is 1. The summed E-state index contributed by atoms with van der Waals surface area (Å²) in [5.41, 5.74) is 0.283. The quantitative estimate of drug-likeness (QED) is 0.0284. The molecule has 3 fully saturated rings. The number of carbonyl (C=O) groups excluding carboxylic acids is 4. The zero-order chi connectivity index (χ0) is 53.0. The van der Waals surface area contributed by atoms with Crippen LogP contribution in [0.3, 0.4) is 0 Å². The third-order valence-corrected chi connectivity index (χ3v) is 13.8. The van der Waals surface area contributed by atoms with Gasteiger partial charge in [-0.25, -0.2) is 9.59 Å². The molecule has 2 saturated heterocycles. The highest BCUT2D eigenvalue weighted by Gasteiger charge is 2.51. The van der Waals surface area contributed by atoms with Gasteiger partial charge in [0.25, 0.3) is 0 Å². The maximum atomic E-state index is 14.0. The van der Waals surface area contributed by atoms with E-state index in [1.165, 1.54) is 14.0 Å². The molecule has 0 bridgehead atoms. The number of unbranched alkanes of at least 4 members (excludes halogenated alkanes) is 4. The summed E-state index contributed by atoms with van der Waals surface area (Å²) in [5.74, 6) is -2.77. The molecule has 1 aliphatic carbocycles. The van der Waals surface area contributed by atoms with Gasteiger partial charge in [0.15, 0.2) is 18.7 Å². The number of allylic oxidation sites excluding steroid dienone is 1. The van der Waals surface area contributed by atoms with Crippen molar-refractivity contribution in [1.29, 1.82) is 0 Å². The fourth-order valence-electron chi connectivity index (χ4n) is 9.55. The summed E-state index contributed by atoms with van der Waals surface area (Å²) in [6.07, 6.45) is 3.75. The number of esters is 3. The van der Waals surface area contributed by atoms with E-state index in [-0.39, 0.29) is 31.1 Å². The highest BCUT2D eigenvalue weighted by molar-refractivity contribution is 5.89. The molecule has 73 heavy (non-hydrogen) atoms. The van der Waals surface area contributed by atoms with Crippen LogP contribution in [0.1, 0.15) is 161 Å². The van der Waals surface area contributed by atoms with Crippen LogP contribution in [0, 0.1) is 11.8 Å². The summed E-state index contributed by atoms with van der Waals surface area (Å²) in [4.78, 5) is 54.1. The standard InChI is InChI=1S/C56H91NO16/c1-9-14-27-42(52(60)63-8)35-43(36-69-56-51(66-32-17-12-4)50(65-31-16-11-3)48(38(6)70-56)64-30-15-10-2)71-55-46(57-39(7)58)49(47(59)45(73-55)37-68-53(61)41-28-23-20-24-29-41)72-44(54(62)67-33-18-13-5)34-40-25-21-19-22-26-40/h9,20,23-24,28-29,38,40,42-51,55-56,59H,1,10-19,21-22,25-27,30-37H2,2-8H3,(H,57,58)/t38-,42?,43+,44-,45-,46?,47-,48?,49?,50-,51-,55+,56?/m0/s1. The van der Waals surface area contributed by atoms with Gasteiger partial charge in [-0.1, -0.05) is 110 Å². The van der Waals surface area contributed by atoms with Crippen LogP contribution in [0.2, 0.25) is 0 Å². The number of carbonyl (C=O) groups is 4. The summed E-state index contributed by atoms with van der Waals surface area (Å²) in [5, 5.41) is 15.2. The van der Waals surface area contributed by atoms with Gasteiger partial charge in [0.1, 0.15) is 49.3 Å². The molecule has 2 heterocycles. The molecule has 1 amide bonds. The first kappa shape index (κ1) is 62.0. The summed E-state index contributed by atoms with van der Waals surface area (Å²) in [6, 6.07) is 7.15. The molecule has 0 radical (unpaired) electrons. The summed E-state index contributed by atoms with van der Waals surface area (Å²) < 4.78 is 70.0. The number of aliphatic hydroxyl groups excluding tert-OH is 1. The molecule has 3 aliphatic rings. The minimum absolute atomic E-state index is 0.0474. The summed E-state index contributed by atoms with van der Waals surface area (Å²) in [7, 11) is 1.32. The van der Waals surface area contributed by atoms with Crippen molar-refractivity contribution >= 4 is 23.8 Å². The van der Waals surface area contributed by atoms with Crippen molar-refractivity contribution in [2.45, 2.75) is 224 Å². The van der Waals surface area contributed by atoms with E-state index in [1.807, 2.05) is 13.8 Å². The highest BCUT2D eigenvalue weighted by Crippen LogP contribution is 2.35. The molecular formula is C56H91NO16. The Morgan fingerprint density at radius 1 is 0.767 bits per heavy atom. The molecule has 0 spiro atoms. The minimum Gasteiger partial charge on any atom is -0.469 e. The van der Waals surface area contributed by atoms with Gasteiger partial charge in [0, 0.05) is 26.7 Å². The Balaban J connectivity index is 1.78. The SMILES string of the molecule is C=CCCC(C[C@H](COC1O[C@@H](C)C(OCCCC)[C@H](OCCCC)[C@@H]1OCCCC)O[C@@H]1O[C@@H](COC(=O)c2ccccc2)[C@H](O)C(O[C@@H](CC2CCCCC2)C(=O)OCCCC)C1NC(C)=O)C(=O)OC. The van der Waals surface area contributed by atoms with Gasteiger partial charge >= 0.3 is 17.9 Å². The lowest BCUT2D eigenvalue weighted by molar-refractivity contribution is -0.328. The van der Waals surface area contributed by atoms with Gasteiger partial charge < -0.3 is 62.5 Å². The Bertz CT molecular complexity index is 1710. The first-order valence-corrected chi connectivity index (χ1v) is 27.5. The average Bonchev–Trinajstić information content (AvgIpc) is 3.39. The second-order valence-electron chi connectivity index (χ2n) is 19.8. The molecule has 13 atom stereocenters. The van der Waals surface area contributed by atoms with Crippen LogP contribution in [0.25, 0.3) is 0 Å². The Kier molecular flexibility index (Phi) is 29.7. The fraction of sp³-hybridized carbons (Fsp3) is 0.786. The van der Waals surface area contributed by atoms with E-state index in [2.05, 4.69) is 32.7 Å². The molecular weight excluding hydrogens is 943 g/mol. The van der Waals surface area contributed by atoms with Gasteiger partial charge in [-0.15, -0.1) is 6.58 Å². The zero-order valence-electron chi connectivity index (χ0n) is 45.1. The van der Waals surface area contributed by atoms with E-state index in [1.54, 1.807) is 36.4 Å². The number of amides is 1. The van der Waals surface area contributed by atoms with Crippen molar-refractivity contribution in [2.75, 3.05) is 46.8 Å². The molecule has 2 aliphatic heterocycles. The van der Waals surface area contributed by atoms with Crippen molar-refractivity contribution in [3.05, 3.63) is 48.6 Å². The maximum absolute atomic E-state index is 14.0. The number of nitrogens with one attached hydrogen (secondary N) is 1. The summed E-state index contributed by atoms with van der Waals surface area (Å²) in [6.45, 7) is 16.4. The zero-order valence-corrected chi connectivity index (χ0v) is 45.1. The predicted molar refractivity (Wildman–Crippen MR) is 273 cm³/mol. The van der Waals surface area contributed by atoms with Gasteiger partial charge in [-0.05, 0) is 76.3 Å². The number of hydrogen-bond acceptors (Lipinski definition) is 16. The average molecular weight is 1030 g/mol. The van der Waals surface area contributed by atoms with Crippen LogP contribution in [-0.2, 0) is 66.5 Å². The van der Waals surface area contributed by atoms with Crippen molar-refractivity contribution in [3.63, 3.8) is 0 Å². The number of hydrogen-bond donors (Lipinski definition) is 2. The number of rotatable bonds is 35. The van der Waals surface area contributed by atoms with Crippen LogP contribution >= 0.6 is 0 Å². The normalized spacial score (nSPS) is 26.8. The smallest absolute Gasteiger partial charge is 0.338 e. The molecule has 0 aromatic heterocycles. The molecule has 416 valence electrons. The Morgan fingerprint density at radius 2 is 1.40 bits per heavy atom. The van der Waals surface area contributed by atoms with Crippen LogP contribution in [-0.4, -0.2) is 149 Å².